The van der Waals surface area contributed by atoms with Gasteiger partial charge in [0.1, 0.15) is 5.56 Å². The van der Waals surface area contributed by atoms with Crippen LogP contribution in [0, 0.1) is 5.92 Å². The van der Waals surface area contributed by atoms with Gasteiger partial charge in [-0.05, 0) is 31.9 Å². The molecule has 0 bridgehead atoms. The number of nitrogens with zero attached hydrogens (tertiary/aromatic N) is 1. The van der Waals surface area contributed by atoms with E-state index in [-0.39, 0.29) is 17.9 Å². The Bertz CT molecular complexity index is 436. The monoisotopic (exact) mass is 264 g/mol. The summed E-state index contributed by atoms with van der Waals surface area (Å²) in [6, 6.07) is 3.40. The van der Waals surface area contributed by atoms with Gasteiger partial charge in [0, 0.05) is 18.7 Å². The van der Waals surface area contributed by atoms with Crippen LogP contribution in [0.15, 0.2) is 18.3 Å². The van der Waals surface area contributed by atoms with E-state index in [4.69, 9.17) is 4.74 Å². The lowest BCUT2D eigenvalue weighted by Gasteiger charge is -2.15. The average molecular weight is 264 g/mol. The second-order valence-electron chi connectivity index (χ2n) is 4.76. The van der Waals surface area contributed by atoms with Crippen LogP contribution >= 0.6 is 0 Å². The molecule has 1 aromatic rings. The zero-order chi connectivity index (χ0) is 13.7. The van der Waals surface area contributed by atoms with Gasteiger partial charge in [0.15, 0.2) is 0 Å². The largest absolute Gasteiger partial charge is 0.477 e. The molecule has 5 nitrogen and oxygen atoms in total. The van der Waals surface area contributed by atoms with Crippen LogP contribution in [-0.2, 0) is 0 Å². The van der Waals surface area contributed by atoms with Gasteiger partial charge >= 0.3 is 0 Å². The van der Waals surface area contributed by atoms with Crippen molar-refractivity contribution in [3.8, 4) is 5.88 Å². The van der Waals surface area contributed by atoms with Crippen LogP contribution in [0.5, 0.6) is 5.88 Å². The summed E-state index contributed by atoms with van der Waals surface area (Å²) in [5.74, 6) is 0.321. The van der Waals surface area contributed by atoms with Crippen molar-refractivity contribution in [3.05, 3.63) is 23.9 Å². The van der Waals surface area contributed by atoms with E-state index in [9.17, 15) is 9.90 Å². The van der Waals surface area contributed by atoms with E-state index in [1.54, 1.807) is 18.3 Å². The summed E-state index contributed by atoms with van der Waals surface area (Å²) in [5, 5.41) is 12.6. The predicted octanol–water partition coefficient (Wildman–Crippen LogP) is 1.37. The highest BCUT2D eigenvalue weighted by molar-refractivity contribution is 5.96. The van der Waals surface area contributed by atoms with Crippen LogP contribution in [0.25, 0.3) is 0 Å². The maximum Gasteiger partial charge on any atom is 0.256 e. The molecule has 1 heterocycles. The number of aromatic nitrogens is 1. The van der Waals surface area contributed by atoms with Crippen LogP contribution in [0.2, 0.25) is 0 Å². The Morgan fingerprint density at radius 2 is 2.42 bits per heavy atom. The van der Waals surface area contributed by atoms with Gasteiger partial charge in [0.05, 0.1) is 12.7 Å². The molecule has 0 radical (unpaired) electrons. The van der Waals surface area contributed by atoms with E-state index in [2.05, 4.69) is 10.3 Å². The van der Waals surface area contributed by atoms with Crippen molar-refractivity contribution in [2.75, 3.05) is 13.2 Å². The van der Waals surface area contributed by atoms with Gasteiger partial charge in [-0.3, -0.25) is 4.79 Å². The molecule has 1 aromatic heterocycles. The molecule has 1 aliphatic carbocycles. The van der Waals surface area contributed by atoms with Crippen molar-refractivity contribution in [3.63, 3.8) is 0 Å². The number of rotatable bonds is 5. The number of aliphatic hydroxyl groups is 1. The second kappa shape index (κ2) is 6.52. The first-order chi connectivity index (χ1) is 9.22. The Kier molecular flexibility index (Phi) is 4.74. The highest BCUT2D eigenvalue weighted by Gasteiger charge is 2.25. The SMILES string of the molecule is CCOc1ncccc1C(=O)NCC1CCCC1O. The van der Waals surface area contributed by atoms with Crippen molar-refractivity contribution in [1.29, 1.82) is 0 Å². The van der Waals surface area contributed by atoms with E-state index in [1.165, 1.54) is 0 Å². The summed E-state index contributed by atoms with van der Waals surface area (Å²) >= 11 is 0. The molecule has 1 saturated carbocycles. The molecule has 0 saturated heterocycles. The Morgan fingerprint density at radius 1 is 1.58 bits per heavy atom. The van der Waals surface area contributed by atoms with E-state index in [0.29, 0.717) is 24.6 Å². The number of hydrogen-bond acceptors (Lipinski definition) is 4. The maximum absolute atomic E-state index is 12.1. The third-order valence-corrected chi connectivity index (χ3v) is 3.44. The summed E-state index contributed by atoms with van der Waals surface area (Å²) in [4.78, 5) is 16.1. The zero-order valence-corrected chi connectivity index (χ0v) is 11.1. The maximum atomic E-state index is 12.1. The van der Waals surface area contributed by atoms with Gasteiger partial charge in [-0.25, -0.2) is 4.98 Å². The van der Waals surface area contributed by atoms with E-state index in [1.807, 2.05) is 6.92 Å². The molecular formula is C14H20N2O3. The molecule has 2 rings (SSSR count). The fraction of sp³-hybridized carbons (Fsp3) is 0.571. The number of amides is 1. The lowest BCUT2D eigenvalue weighted by Crippen LogP contribution is -2.32. The van der Waals surface area contributed by atoms with Crippen molar-refractivity contribution in [1.82, 2.24) is 10.3 Å². The normalized spacial score (nSPS) is 22.2. The lowest BCUT2D eigenvalue weighted by molar-refractivity contribution is 0.0912. The Balaban J connectivity index is 1.95. The van der Waals surface area contributed by atoms with Crippen LogP contribution in [0.1, 0.15) is 36.5 Å². The van der Waals surface area contributed by atoms with Gasteiger partial charge in [-0.1, -0.05) is 6.42 Å². The highest BCUT2D eigenvalue weighted by atomic mass is 16.5. The topological polar surface area (TPSA) is 71.5 Å². The van der Waals surface area contributed by atoms with Gasteiger partial charge in [-0.2, -0.15) is 0 Å². The van der Waals surface area contributed by atoms with Crippen LogP contribution < -0.4 is 10.1 Å². The first-order valence-corrected chi connectivity index (χ1v) is 6.76. The molecule has 0 spiro atoms. The summed E-state index contributed by atoms with van der Waals surface area (Å²) < 4.78 is 5.33. The molecule has 104 valence electrons. The van der Waals surface area contributed by atoms with Crippen LogP contribution in [-0.4, -0.2) is 35.3 Å². The van der Waals surface area contributed by atoms with Gasteiger partial charge in [0.2, 0.25) is 5.88 Å². The Hall–Kier alpha value is -1.62. The van der Waals surface area contributed by atoms with Crippen molar-refractivity contribution < 1.29 is 14.6 Å². The van der Waals surface area contributed by atoms with Gasteiger partial charge in [0.25, 0.3) is 5.91 Å². The minimum absolute atomic E-state index is 0.163. The molecule has 5 heteroatoms. The molecule has 2 atom stereocenters. The summed E-state index contributed by atoms with van der Waals surface area (Å²) in [6.45, 7) is 2.82. The molecule has 19 heavy (non-hydrogen) atoms. The van der Waals surface area contributed by atoms with Crippen LogP contribution in [0.3, 0.4) is 0 Å². The minimum Gasteiger partial charge on any atom is -0.477 e. The van der Waals surface area contributed by atoms with Crippen LogP contribution in [0.4, 0.5) is 0 Å². The van der Waals surface area contributed by atoms with Crippen molar-refractivity contribution >= 4 is 5.91 Å². The predicted molar refractivity (Wildman–Crippen MR) is 71.1 cm³/mol. The summed E-state index contributed by atoms with van der Waals surface area (Å²) in [5.41, 5.74) is 0.442. The minimum atomic E-state index is -0.291. The van der Waals surface area contributed by atoms with E-state index in [0.717, 1.165) is 19.3 Å². The number of nitrogens with one attached hydrogen (secondary N) is 1. The quantitative estimate of drug-likeness (QED) is 0.842. The number of hydrogen-bond donors (Lipinski definition) is 2. The van der Waals surface area contributed by atoms with E-state index >= 15 is 0 Å². The molecular weight excluding hydrogens is 244 g/mol. The smallest absolute Gasteiger partial charge is 0.256 e. The molecule has 2 N–H and O–H groups in total. The standard InChI is InChI=1S/C14H20N2O3/c1-2-19-14-11(6-4-8-15-14)13(18)16-9-10-5-3-7-12(10)17/h4,6,8,10,12,17H,2-3,5,7,9H2,1H3,(H,16,18). The molecule has 0 aliphatic heterocycles. The average Bonchev–Trinajstić information content (AvgIpc) is 2.82. The molecule has 1 fully saturated rings. The lowest BCUT2D eigenvalue weighted by atomic mass is 10.1. The molecule has 0 aromatic carbocycles. The number of ether oxygens (including phenoxy) is 1. The fourth-order valence-corrected chi connectivity index (χ4v) is 2.39. The summed E-state index contributed by atoms with van der Waals surface area (Å²) in [7, 11) is 0. The van der Waals surface area contributed by atoms with Crippen molar-refractivity contribution in [2.24, 2.45) is 5.92 Å². The molecule has 1 aliphatic rings. The zero-order valence-electron chi connectivity index (χ0n) is 11.1. The highest BCUT2D eigenvalue weighted by Crippen LogP contribution is 2.24. The third-order valence-electron chi connectivity index (χ3n) is 3.44. The first kappa shape index (κ1) is 13.8. The molecule has 2 unspecified atom stereocenters. The Morgan fingerprint density at radius 3 is 3.11 bits per heavy atom. The number of pyridine rings is 1. The number of carbonyl (C=O) groups is 1. The third kappa shape index (κ3) is 3.44. The summed E-state index contributed by atoms with van der Waals surface area (Å²) in [6.07, 6.45) is 4.13. The van der Waals surface area contributed by atoms with Gasteiger partial charge < -0.3 is 15.2 Å². The fourth-order valence-electron chi connectivity index (χ4n) is 2.39. The Labute approximate surface area is 113 Å². The first-order valence-electron chi connectivity index (χ1n) is 6.76. The number of carbonyl (C=O) groups excluding carboxylic acids is 1. The second-order valence-corrected chi connectivity index (χ2v) is 4.76. The molecule has 1 amide bonds. The van der Waals surface area contributed by atoms with Crippen molar-refractivity contribution in [2.45, 2.75) is 32.3 Å². The van der Waals surface area contributed by atoms with E-state index < -0.39 is 0 Å². The number of aliphatic hydroxyl groups excluding tert-OH is 1. The van der Waals surface area contributed by atoms with Gasteiger partial charge in [-0.15, -0.1) is 0 Å².